The molecule has 0 saturated heterocycles. The standard InChI is InChI=1S/C16H18N2O/c1-3-18(4-2)15-9-7-13(8-10-15)16-14(12-19)6-5-11-17-16/h5-12H,3-4H2,1-2H3. The maximum Gasteiger partial charge on any atom is 0.152 e. The Morgan fingerprint density at radius 1 is 1.11 bits per heavy atom. The zero-order valence-electron chi connectivity index (χ0n) is 11.3. The molecule has 0 bridgehead atoms. The lowest BCUT2D eigenvalue weighted by Gasteiger charge is -2.21. The number of hydrogen-bond donors (Lipinski definition) is 0. The molecule has 1 aromatic heterocycles. The molecule has 0 aliphatic carbocycles. The van der Waals surface area contributed by atoms with E-state index in [1.807, 2.05) is 12.1 Å². The van der Waals surface area contributed by atoms with Gasteiger partial charge in [0.05, 0.1) is 5.69 Å². The molecule has 0 N–H and O–H groups in total. The fraction of sp³-hybridized carbons (Fsp3) is 0.250. The van der Waals surface area contributed by atoms with Crippen molar-refractivity contribution in [2.24, 2.45) is 0 Å². The maximum absolute atomic E-state index is 11.0. The summed E-state index contributed by atoms with van der Waals surface area (Å²) in [6.45, 7) is 6.25. The first-order valence-electron chi connectivity index (χ1n) is 6.55. The number of hydrogen-bond acceptors (Lipinski definition) is 3. The minimum absolute atomic E-state index is 0.623. The number of benzene rings is 1. The molecule has 3 heteroatoms. The van der Waals surface area contributed by atoms with E-state index in [9.17, 15) is 4.79 Å². The molecular formula is C16H18N2O. The SMILES string of the molecule is CCN(CC)c1ccc(-c2ncccc2C=O)cc1. The molecule has 0 amide bonds. The Bertz CT molecular complexity index is 545. The first-order chi connectivity index (χ1) is 9.30. The van der Waals surface area contributed by atoms with Crippen LogP contribution in [0, 0.1) is 0 Å². The summed E-state index contributed by atoms with van der Waals surface area (Å²) in [4.78, 5) is 17.6. The molecular weight excluding hydrogens is 236 g/mol. The van der Waals surface area contributed by atoms with Gasteiger partial charge in [-0.3, -0.25) is 9.78 Å². The molecule has 19 heavy (non-hydrogen) atoms. The second-order valence-electron chi connectivity index (χ2n) is 4.28. The topological polar surface area (TPSA) is 33.2 Å². The molecule has 2 aromatic rings. The Hall–Kier alpha value is -2.16. The normalized spacial score (nSPS) is 10.2. The van der Waals surface area contributed by atoms with Crippen LogP contribution in [0.15, 0.2) is 42.6 Å². The van der Waals surface area contributed by atoms with E-state index in [4.69, 9.17) is 0 Å². The molecule has 0 aliphatic heterocycles. The molecule has 1 aromatic carbocycles. The molecule has 98 valence electrons. The van der Waals surface area contributed by atoms with Crippen LogP contribution in [0.1, 0.15) is 24.2 Å². The lowest BCUT2D eigenvalue weighted by atomic mass is 10.1. The Labute approximate surface area is 113 Å². The lowest BCUT2D eigenvalue weighted by molar-refractivity contribution is 0.112. The molecule has 2 rings (SSSR count). The third-order valence-corrected chi connectivity index (χ3v) is 3.24. The highest BCUT2D eigenvalue weighted by Gasteiger charge is 2.06. The van der Waals surface area contributed by atoms with Crippen LogP contribution in [0.4, 0.5) is 5.69 Å². The summed E-state index contributed by atoms with van der Waals surface area (Å²) < 4.78 is 0. The van der Waals surface area contributed by atoms with Crippen LogP contribution >= 0.6 is 0 Å². The summed E-state index contributed by atoms with van der Waals surface area (Å²) >= 11 is 0. The number of rotatable bonds is 5. The van der Waals surface area contributed by atoms with Gasteiger partial charge in [-0.25, -0.2) is 0 Å². The molecule has 0 unspecified atom stereocenters. The fourth-order valence-corrected chi connectivity index (χ4v) is 2.17. The van der Waals surface area contributed by atoms with E-state index < -0.39 is 0 Å². The van der Waals surface area contributed by atoms with Gasteiger partial charge in [0.15, 0.2) is 6.29 Å². The average molecular weight is 254 g/mol. The van der Waals surface area contributed by atoms with Gasteiger partial charge in [0, 0.05) is 36.1 Å². The van der Waals surface area contributed by atoms with Crippen LogP contribution in [0.25, 0.3) is 11.3 Å². The smallest absolute Gasteiger partial charge is 0.152 e. The molecule has 1 heterocycles. The van der Waals surface area contributed by atoms with Crippen molar-refractivity contribution >= 4 is 12.0 Å². The van der Waals surface area contributed by atoms with E-state index in [-0.39, 0.29) is 0 Å². The largest absolute Gasteiger partial charge is 0.372 e. The summed E-state index contributed by atoms with van der Waals surface area (Å²) in [5.74, 6) is 0. The van der Waals surface area contributed by atoms with Gasteiger partial charge in [-0.2, -0.15) is 0 Å². The fourth-order valence-electron chi connectivity index (χ4n) is 2.17. The quantitative estimate of drug-likeness (QED) is 0.767. The van der Waals surface area contributed by atoms with Crippen molar-refractivity contribution in [2.45, 2.75) is 13.8 Å². The van der Waals surface area contributed by atoms with Gasteiger partial charge < -0.3 is 4.90 Å². The van der Waals surface area contributed by atoms with Gasteiger partial charge >= 0.3 is 0 Å². The monoisotopic (exact) mass is 254 g/mol. The number of nitrogens with zero attached hydrogens (tertiary/aromatic N) is 2. The molecule has 0 fully saturated rings. The van der Waals surface area contributed by atoms with Crippen molar-refractivity contribution in [3.05, 3.63) is 48.2 Å². The summed E-state index contributed by atoms with van der Waals surface area (Å²) in [5, 5.41) is 0. The zero-order valence-corrected chi connectivity index (χ0v) is 11.3. The minimum atomic E-state index is 0.623. The molecule has 0 aliphatic rings. The van der Waals surface area contributed by atoms with Crippen LogP contribution in [0.5, 0.6) is 0 Å². The number of carbonyl (C=O) groups is 1. The Morgan fingerprint density at radius 3 is 2.37 bits per heavy atom. The van der Waals surface area contributed by atoms with Crippen molar-refractivity contribution in [3.8, 4) is 11.3 Å². The Balaban J connectivity index is 2.35. The van der Waals surface area contributed by atoms with E-state index in [0.29, 0.717) is 5.56 Å². The number of anilines is 1. The Morgan fingerprint density at radius 2 is 1.79 bits per heavy atom. The van der Waals surface area contributed by atoms with Gasteiger partial charge in [0.2, 0.25) is 0 Å². The number of aldehydes is 1. The van der Waals surface area contributed by atoms with Gasteiger partial charge in [0.1, 0.15) is 0 Å². The first kappa shape index (κ1) is 13.3. The van der Waals surface area contributed by atoms with E-state index in [1.165, 1.54) is 5.69 Å². The Kier molecular flexibility index (Phi) is 4.29. The van der Waals surface area contributed by atoms with E-state index in [1.54, 1.807) is 18.3 Å². The average Bonchev–Trinajstić information content (AvgIpc) is 2.49. The van der Waals surface area contributed by atoms with Crippen molar-refractivity contribution in [1.82, 2.24) is 4.98 Å². The summed E-state index contributed by atoms with van der Waals surface area (Å²) in [6, 6.07) is 11.7. The van der Waals surface area contributed by atoms with E-state index in [0.717, 1.165) is 30.6 Å². The molecule has 0 saturated carbocycles. The molecule has 3 nitrogen and oxygen atoms in total. The molecule has 0 spiro atoms. The third kappa shape index (κ3) is 2.81. The third-order valence-electron chi connectivity index (χ3n) is 3.24. The number of pyridine rings is 1. The van der Waals surface area contributed by atoms with Gasteiger partial charge in [0.25, 0.3) is 0 Å². The van der Waals surface area contributed by atoms with E-state index in [2.05, 4.69) is 35.9 Å². The van der Waals surface area contributed by atoms with E-state index >= 15 is 0 Å². The second kappa shape index (κ2) is 6.14. The van der Waals surface area contributed by atoms with Crippen LogP contribution < -0.4 is 4.90 Å². The highest BCUT2D eigenvalue weighted by molar-refractivity contribution is 5.85. The van der Waals surface area contributed by atoms with Crippen molar-refractivity contribution in [2.75, 3.05) is 18.0 Å². The van der Waals surface area contributed by atoms with Crippen molar-refractivity contribution < 1.29 is 4.79 Å². The summed E-state index contributed by atoms with van der Waals surface area (Å²) in [7, 11) is 0. The van der Waals surface area contributed by atoms with Crippen molar-refractivity contribution in [3.63, 3.8) is 0 Å². The highest BCUT2D eigenvalue weighted by atomic mass is 16.1. The number of aromatic nitrogens is 1. The predicted octanol–water partition coefficient (Wildman–Crippen LogP) is 3.41. The minimum Gasteiger partial charge on any atom is -0.372 e. The molecule has 0 radical (unpaired) electrons. The summed E-state index contributed by atoms with van der Waals surface area (Å²) in [6.07, 6.45) is 2.56. The maximum atomic E-state index is 11.0. The van der Waals surface area contributed by atoms with Crippen LogP contribution in [0.3, 0.4) is 0 Å². The second-order valence-corrected chi connectivity index (χ2v) is 4.28. The number of carbonyl (C=O) groups excluding carboxylic acids is 1. The van der Waals surface area contributed by atoms with Crippen LogP contribution in [0.2, 0.25) is 0 Å². The van der Waals surface area contributed by atoms with Crippen LogP contribution in [-0.2, 0) is 0 Å². The predicted molar refractivity (Wildman–Crippen MR) is 78.6 cm³/mol. The van der Waals surface area contributed by atoms with Crippen molar-refractivity contribution in [1.29, 1.82) is 0 Å². The lowest BCUT2D eigenvalue weighted by Crippen LogP contribution is -2.21. The first-order valence-corrected chi connectivity index (χ1v) is 6.55. The molecule has 0 atom stereocenters. The van der Waals surface area contributed by atoms with Crippen LogP contribution in [-0.4, -0.2) is 24.4 Å². The highest BCUT2D eigenvalue weighted by Crippen LogP contribution is 2.23. The van der Waals surface area contributed by atoms with Gasteiger partial charge in [-0.15, -0.1) is 0 Å². The van der Waals surface area contributed by atoms with Gasteiger partial charge in [-0.05, 0) is 38.1 Å². The van der Waals surface area contributed by atoms with Gasteiger partial charge in [-0.1, -0.05) is 12.1 Å². The summed E-state index contributed by atoms with van der Waals surface area (Å²) in [5.41, 5.74) is 3.53. The zero-order chi connectivity index (χ0) is 13.7.